The molecule has 0 radical (unpaired) electrons. The number of rotatable bonds is 3. The summed E-state index contributed by atoms with van der Waals surface area (Å²) >= 11 is 0. The second kappa shape index (κ2) is 6.15. The summed E-state index contributed by atoms with van der Waals surface area (Å²) in [5.41, 5.74) is 1.38. The molecular formula is C17H26N2O. The first-order valence-corrected chi connectivity index (χ1v) is 7.93. The molecular weight excluding hydrogens is 248 g/mol. The van der Waals surface area contributed by atoms with Crippen LogP contribution in [0.2, 0.25) is 0 Å². The van der Waals surface area contributed by atoms with Crippen LogP contribution in [0.1, 0.15) is 37.8 Å². The van der Waals surface area contributed by atoms with Gasteiger partial charge in [0.05, 0.1) is 6.61 Å². The summed E-state index contributed by atoms with van der Waals surface area (Å²) in [6.45, 7) is 5.47. The van der Waals surface area contributed by atoms with Crippen LogP contribution in [-0.4, -0.2) is 37.7 Å². The van der Waals surface area contributed by atoms with E-state index in [1.165, 1.54) is 31.4 Å². The quantitative estimate of drug-likeness (QED) is 0.917. The van der Waals surface area contributed by atoms with Gasteiger partial charge in [0.15, 0.2) is 0 Å². The van der Waals surface area contributed by atoms with Crippen LogP contribution >= 0.6 is 0 Å². The van der Waals surface area contributed by atoms with Crippen LogP contribution in [0, 0.1) is 5.92 Å². The molecule has 3 nitrogen and oxygen atoms in total. The molecule has 0 aromatic heterocycles. The van der Waals surface area contributed by atoms with E-state index in [9.17, 15) is 0 Å². The fraction of sp³-hybridized carbons (Fsp3) is 0.647. The van der Waals surface area contributed by atoms with Crippen LogP contribution in [0.15, 0.2) is 24.3 Å². The van der Waals surface area contributed by atoms with Gasteiger partial charge in [-0.3, -0.25) is 4.90 Å². The first-order chi connectivity index (χ1) is 9.81. The molecule has 3 rings (SSSR count). The summed E-state index contributed by atoms with van der Waals surface area (Å²) in [7, 11) is 2.06. The third-order valence-corrected chi connectivity index (χ3v) is 4.75. The molecule has 1 aromatic rings. The maximum atomic E-state index is 5.91. The summed E-state index contributed by atoms with van der Waals surface area (Å²) in [5, 5.41) is 3.37. The highest BCUT2D eigenvalue weighted by atomic mass is 16.5. The van der Waals surface area contributed by atoms with Crippen LogP contribution in [0.4, 0.5) is 0 Å². The van der Waals surface area contributed by atoms with Crippen molar-refractivity contribution in [2.45, 2.75) is 38.3 Å². The molecule has 20 heavy (non-hydrogen) atoms. The monoisotopic (exact) mass is 274 g/mol. The van der Waals surface area contributed by atoms with E-state index in [1.54, 1.807) is 0 Å². The van der Waals surface area contributed by atoms with Crippen LogP contribution in [0.5, 0.6) is 5.75 Å². The van der Waals surface area contributed by atoms with Gasteiger partial charge >= 0.3 is 0 Å². The number of likely N-dealkylation sites (N-methyl/N-ethyl adjacent to an activating group) is 1. The van der Waals surface area contributed by atoms with Gasteiger partial charge < -0.3 is 10.1 Å². The Labute approximate surface area is 122 Å². The average molecular weight is 274 g/mol. The van der Waals surface area contributed by atoms with Crippen molar-refractivity contribution in [3.8, 4) is 5.75 Å². The lowest BCUT2D eigenvalue weighted by Crippen LogP contribution is -2.49. The number of benzene rings is 1. The molecule has 0 spiro atoms. The summed E-state index contributed by atoms with van der Waals surface area (Å²) < 4.78 is 5.91. The van der Waals surface area contributed by atoms with E-state index in [2.05, 4.69) is 48.5 Å². The molecule has 1 N–H and O–H groups in total. The van der Waals surface area contributed by atoms with E-state index in [1.807, 2.05) is 0 Å². The van der Waals surface area contributed by atoms with Gasteiger partial charge in [0.1, 0.15) is 5.75 Å². The summed E-state index contributed by atoms with van der Waals surface area (Å²) in [6, 6.07) is 9.76. The number of piperidine rings is 1. The van der Waals surface area contributed by atoms with Gasteiger partial charge in [-0.1, -0.05) is 31.5 Å². The highest BCUT2D eigenvalue weighted by Gasteiger charge is 2.36. The number of para-hydroxylation sites is 1. The summed E-state index contributed by atoms with van der Waals surface area (Å²) in [4.78, 5) is 2.73. The Bertz CT molecular complexity index is 446. The van der Waals surface area contributed by atoms with E-state index in [0.717, 1.165) is 18.9 Å². The standard InChI is InChI=1S/C17H26N2O/c1-13-12-20-16-9-4-3-8-15(16)17(13)19-10-6-5-7-14(19)11-18-2/h3-4,8-9,13-14,17-18H,5-7,10-12H2,1-2H3. The highest BCUT2D eigenvalue weighted by Crippen LogP contribution is 2.41. The Morgan fingerprint density at radius 2 is 2.15 bits per heavy atom. The van der Waals surface area contributed by atoms with Gasteiger partial charge in [0.2, 0.25) is 0 Å². The minimum absolute atomic E-state index is 0.513. The zero-order valence-electron chi connectivity index (χ0n) is 12.6. The molecule has 1 fully saturated rings. The van der Waals surface area contributed by atoms with Gasteiger partial charge in [-0.25, -0.2) is 0 Å². The Morgan fingerprint density at radius 3 is 3.00 bits per heavy atom. The zero-order chi connectivity index (χ0) is 13.9. The Kier molecular flexibility index (Phi) is 4.27. The Balaban J connectivity index is 1.90. The maximum Gasteiger partial charge on any atom is 0.124 e. The lowest BCUT2D eigenvalue weighted by Gasteiger charge is -2.46. The normalized spacial score (nSPS) is 30.6. The number of nitrogens with zero attached hydrogens (tertiary/aromatic N) is 1. The van der Waals surface area contributed by atoms with E-state index in [0.29, 0.717) is 18.0 Å². The van der Waals surface area contributed by atoms with Gasteiger partial charge in [-0.2, -0.15) is 0 Å². The van der Waals surface area contributed by atoms with Crippen molar-refractivity contribution >= 4 is 0 Å². The average Bonchev–Trinajstić information content (AvgIpc) is 2.49. The lowest BCUT2D eigenvalue weighted by molar-refractivity contribution is 0.0348. The van der Waals surface area contributed by atoms with Gasteiger partial charge in [0.25, 0.3) is 0 Å². The molecule has 3 atom stereocenters. The van der Waals surface area contributed by atoms with Crippen molar-refractivity contribution in [2.75, 3.05) is 26.7 Å². The molecule has 2 aliphatic heterocycles. The van der Waals surface area contributed by atoms with Crippen molar-refractivity contribution < 1.29 is 4.74 Å². The molecule has 0 amide bonds. The van der Waals surface area contributed by atoms with Crippen molar-refractivity contribution in [3.05, 3.63) is 29.8 Å². The summed E-state index contributed by atoms with van der Waals surface area (Å²) in [6.07, 6.45) is 4.00. The molecule has 110 valence electrons. The molecule has 0 saturated carbocycles. The van der Waals surface area contributed by atoms with Crippen molar-refractivity contribution in [1.29, 1.82) is 0 Å². The predicted molar refractivity (Wildman–Crippen MR) is 82.1 cm³/mol. The molecule has 2 heterocycles. The molecule has 3 unspecified atom stereocenters. The largest absolute Gasteiger partial charge is 0.493 e. The third kappa shape index (κ3) is 2.57. The van der Waals surface area contributed by atoms with Crippen LogP contribution in [0.25, 0.3) is 0 Å². The van der Waals surface area contributed by atoms with E-state index in [4.69, 9.17) is 4.74 Å². The van der Waals surface area contributed by atoms with E-state index >= 15 is 0 Å². The highest BCUT2D eigenvalue weighted by molar-refractivity contribution is 5.38. The summed E-state index contributed by atoms with van der Waals surface area (Å²) in [5.74, 6) is 1.65. The Morgan fingerprint density at radius 1 is 1.30 bits per heavy atom. The van der Waals surface area contributed by atoms with Crippen LogP contribution in [-0.2, 0) is 0 Å². The van der Waals surface area contributed by atoms with Gasteiger partial charge in [-0.05, 0) is 32.5 Å². The van der Waals surface area contributed by atoms with Crippen molar-refractivity contribution in [3.63, 3.8) is 0 Å². The van der Waals surface area contributed by atoms with E-state index < -0.39 is 0 Å². The molecule has 3 heteroatoms. The molecule has 0 bridgehead atoms. The van der Waals surface area contributed by atoms with Crippen molar-refractivity contribution in [1.82, 2.24) is 10.2 Å². The second-order valence-electron chi connectivity index (χ2n) is 6.22. The molecule has 1 aromatic carbocycles. The first kappa shape index (κ1) is 13.9. The number of hydrogen-bond donors (Lipinski definition) is 1. The zero-order valence-corrected chi connectivity index (χ0v) is 12.6. The minimum Gasteiger partial charge on any atom is -0.493 e. The lowest BCUT2D eigenvalue weighted by atomic mass is 9.87. The van der Waals surface area contributed by atoms with Crippen LogP contribution < -0.4 is 10.1 Å². The number of likely N-dealkylation sites (tertiary alicyclic amines) is 1. The van der Waals surface area contributed by atoms with Gasteiger partial charge in [0, 0.05) is 30.1 Å². The fourth-order valence-electron chi connectivity index (χ4n) is 3.82. The van der Waals surface area contributed by atoms with Gasteiger partial charge in [-0.15, -0.1) is 0 Å². The van der Waals surface area contributed by atoms with Crippen LogP contribution in [0.3, 0.4) is 0 Å². The van der Waals surface area contributed by atoms with Crippen molar-refractivity contribution in [2.24, 2.45) is 5.92 Å². The molecule has 2 aliphatic rings. The Hall–Kier alpha value is -1.06. The first-order valence-electron chi connectivity index (χ1n) is 7.93. The predicted octanol–water partition coefficient (Wildman–Crippen LogP) is 2.83. The molecule has 0 aliphatic carbocycles. The second-order valence-corrected chi connectivity index (χ2v) is 6.22. The maximum absolute atomic E-state index is 5.91. The minimum atomic E-state index is 0.513. The number of nitrogens with one attached hydrogen (secondary N) is 1. The fourth-order valence-corrected chi connectivity index (χ4v) is 3.82. The topological polar surface area (TPSA) is 24.5 Å². The smallest absolute Gasteiger partial charge is 0.124 e. The number of fused-ring (bicyclic) bond motifs is 1. The van der Waals surface area contributed by atoms with E-state index in [-0.39, 0.29) is 0 Å². The number of ether oxygens (including phenoxy) is 1. The molecule has 1 saturated heterocycles. The SMILES string of the molecule is CNCC1CCCCN1C1c2ccccc2OCC1C. The third-order valence-electron chi connectivity index (χ3n) is 4.75. The number of hydrogen-bond acceptors (Lipinski definition) is 3.